The third kappa shape index (κ3) is 4.41. The summed E-state index contributed by atoms with van der Waals surface area (Å²) >= 11 is 0. The molecular weight excluding hydrogens is 440 g/mol. The molecule has 3 N–H and O–H groups in total. The maximum absolute atomic E-state index is 6.26. The number of benzene rings is 2. The molecule has 0 amide bonds. The topological polar surface area (TPSA) is 100 Å². The number of ether oxygens (including phenoxy) is 2. The first-order chi connectivity index (χ1) is 17.1. The summed E-state index contributed by atoms with van der Waals surface area (Å²) in [6.07, 6.45) is 4.65. The summed E-state index contributed by atoms with van der Waals surface area (Å²) in [4.78, 5) is 13.5. The van der Waals surface area contributed by atoms with Crippen LogP contribution < -0.4 is 20.5 Å². The largest absolute Gasteiger partial charge is 0.493 e. The Balaban J connectivity index is 1.31. The highest BCUT2D eigenvalue weighted by atomic mass is 16.5. The number of nitrogens with zero attached hydrogens (tertiary/aromatic N) is 4. The minimum absolute atomic E-state index is 0.273. The summed E-state index contributed by atoms with van der Waals surface area (Å²) < 4.78 is 14.1. The van der Waals surface area contributed by atoms with Crippen LogP contribution in [0.3, 0.4) is 0 Å². The highest BCUT2D eigenvalue weighted by Gasteiger charge is 2.18. The second-order valence-electron chi connectivity index (χ2n) is 9.40. The van der Waals surface area contributed by atoms with E-state index in [9.17, 15) is 0 Å². The van der Waals surface area contributed by atoms with Gasteiger partial charge in [0.15, 0.2) is 17.0 Å². The van der Waals surface area contributed by atoms with Crippen molar-refractivity contribution in [2.75, 3.05) is 18.9 Å². The number of aromatic nitrogens is 4. The van der Waals surface area contributed by atoms with Gasteiger partial charge in [-0.15, -0.1) is 0 Å². The Morgan fingerprint density at radius 2 is 1.83 bits per heavy atom. The van der Waals surface area contributed by atoms with E-state index in [0.29, 0.717) is 49.2 Å². The van der Waals surface area contributed by atoms with Crippen LogP contribution in [0.25, 0.3) is 22.3 Å². The average molecular weight is 471 g/mol. The molecule has 1 aliphatic heterocycles. The SMILES string of the molecule is Cc1nc2c(N)nc3nc2n1Cc1ccc(-c2ccc(CNC4CCC4)cc2)c(c1)OCCCO3. The Labute approximate surface area is 204 Å². The molecule has 1 fully saturated rings. The maximum Gasteiger partial charge on any atom is 0.320 e. The Morgan fingerprint density at radius 1 is 1.00 bits per heavy atom. The lowest BCUT2D eigenvalue weighted by Gasteiger charge is -2.26. The summed E-state index contributed by atoms with van der Waals surface area (Å²) in [5.74, 6) is 2.03. The summed E-state index contributed by atoms with van der Waals surface area (Å²) in [6.45, 7) is 4.44. The smallest absolute Gasteiger partial charge is 0.320 e. The van der Waals surface area contributed by atoms with Crippen LogP contribution >= 0.6 is 0 Å². The van der Waals surface area contributed by atoms with Gasteiger partial charge >= 0.3 is 6.01 Å². The number of hydrogen-bond donors (Lipinski definition) is 2. The minimum atomic E-state index is 0.273. The number of imidazole rings is 1. The fraction of sp³-hybridized carbons (Fsp3) is 0.370. The van der Waals surface area contributed by atoms with E-state index < -0.39 is 0 Å². The lowest BCUT2D eigenvalue weighted by molar-refractivity contribution is 0.237. The standard InChI is InChI=1S/C27H30N6O2/c1-17-30-24-25(28)31-27-32-26(24)33(17)16-19-8-11-22(23(14-19)34-12-3-13-35-27)20-9-6-18(7-10-20)15-29-21-4-2-5-21/h6-11,14,21,29H,2-5,12-13,15-16H2,1H3,(H2,28,31,32). The van der Waals surface area contributed by atoms with Crippen LogP contribution in [0.5, 0.6) is 11.8 Å². The molecule has 2 aromatic heterocycles. The number of nitrogen functional groups attached to an aromatic ring is 1. The molecule has 3 heterocycles. The van der Waals surface area contributed by atoms with E-state index in [1.807, 2.05) is 11.5 Å². The van der Waals surface area contributed by atoms with Gasteiger partial charge in [0.05, 0.1) is 19.8 Å². The summed E-state index contributed by atoms with van der Waals surface area (Å²) in [5, 5.41) is 3.63. The lowest BCUT2D eigenvalue weighted by atomic mass is 9.93. The molecule has 2 aromatic carbocycles. The van der Waals surface area contributed by atoms with E-state index in [0.717, 1.165) is 34.8 Å². The highest BCUT2D eigenvalue weighted by Crippen LogP contribution is 2.33. The predicted molar refractivity (Wildman–Crippen MR) is 136 cm³/mol. The fourth-order valence-corrected chi connectivity index (χ4v) is 4.65. The van der Waals surface area contributed by atoms with Gasteiger partial charge in [0.2, 0.25) is 0 Å². The van der Waals surface area contributed by atoms with Crippen molar-refractivity contribution in [3.8, 4) is 22.9 Å². The molecule has 2 aliphatic rings. The predicted octanol–water partition coefficient (Wildman–Crippen LogP) is 4.24. The molecule has 8 nitrogen and oxygen atoms in total. The fourth-order valence-electron chi connectivity index (χ4n) is 4.65. The summed E-state index contributed by atoms with van der Waals surface area (Å²) in [6, 6.07) is 16.1. The van der Waals surface area contributed by atoms with E-state index in [1.54, 1.807) is 0 Å². The van der Waals surface area contributed by atoms with Crippen LogP contribution in [0.4, 0.5) is 5.82 Å². The van der Waals surface area contributed by atoms with Crippen LogP contribution in [0, 0.1) is 6.92 Å². The molecule has 180 valence electrons. The quantitative estimate of drug-likeness (QED) is 0.460. The minimum Gasteiger partial charge on any atom is -0.493 e. The van der Waals surface area contributed by atoms with Crippen molar-refractivity contribution in [1.29, 1.82) is 0 Å². The molecule has 0 spiro atoms. The molecule has 1 saturated carbocycles. The van der Waals surface area contributed by atoms with E-state index in [-0.39, 0.29) is 6.01 Å². The number of nitrogens with two attached hydrogens (primary N) is 1. The van der Waals surface area contributed by atoms with E-state index in [4.69, 9.17) is 15.2 Å². The van der Waals surface area contributed by atoms with Crippen molar-refractivity contribution < 1.29 is 9.47 Å². The Bertz CT molecular complexity index is 1360. The highest BCUT2D eigenvalue weighted by molar-refractivity contribution is 5.82. The van der Waals surface area contributed by atoms with Crippen molar-refractivity contribution in [3.63, 3.8) is 0 Å². The second kappa shape index (κ2) is 9.19. The van der Waals surface area contributed by atoms with E-state index in [2.05, 4.69) is 62.7 Å². The molecule has 0 atom stereocenters. The lowest BCUT2D eigenvalue weighted by Crippen LogP contribution is -2.34. The zero-order chi connectivity index (χ0) is 23.8. The van der Waals surface area contributed by atoms with Gasteiger partial charge in [0.25, 0.3) is 0 Å². The van der Waals surface area contributed by atoms with E-state index >= 15 is 0 Å². The number of nitrogens with one attached hydrogen (secondary N) is 1. The zero-order valence-corrected chi connectivity index (χ0v) is 20.0. The first-order valence-corrected chi connectivity index (χ1v) is 12.4. The van der Waals surface area contributed by atoms with Crippen molar-refractivity contribution in [2.45, 2.75) is 51.7 Å². The van der Waals surface area contributed by atoms with Crippen LogP contribution in [0.15, 0.2) is 42.5 Å². The monoisotopic (exact) mass is 470 g/mol. The molecule has 4 bridgehead atoms. The molecule has 35 heavy (non-hydrogen) atoms. The number of hydrogen-bond acceptors (Lipinski definition) is 7. The van der Waals surface area contributed by atoms with Gasteiger partial charge in [-0.1, -0.05) is 42.8 Å². The van der Waals surface area contributed by atoms with Crippen molar-refractivity contribution in [3.05, 3.63) is 59.4 Å². The first-order valence-electron chi connectivity index (χ1n) is 12.4. The van der Waals surface area contributed by atoms with Gasteiger partial charge < -0.3 is 25.1 Å². The third-order valence-corrected chi connectivity index (χ3v) is 6.92. The molecule has 0 saturated heterocycles. The van der Waals surface area contributed by atoms with Crippen LogP contribution in [0.2, 0.25) is 0 Å². The average Bonchev–Trinajstić information content (AvgIpc) is 3.14. The Kier molecular flexibility index (Phi) is 5.74. The van der Waals surface area contributed by atoms with Gasteiger partial charge in [0, 0.05) is 24.6 Å². The molecule has 1 aliphatic carbocycles. The molecule has 0 unspecified atom stereocenters. The Hall–Kier alpha value is -3.65. The van der Waals surface area contributed by atoms with Gasteiger partial charge in [0.1, 0.15) is 11.6 Å². The van der Waals surface area contributed by atoms with E-state index in [1.165, 1.54) is 24.8 Å². The molecule has 8 heteroatoms. The third-order valence-electron chi connectivity index (χ3n) is 6.92. The van der Waals surface area contributed by atoms with Gasteiger partial charge in [-0.05, 0) is 42.5 Å². The molecule has 6 rings (SSSR count). The normalized spacial score (nSPS) is 16.0. The second-order valence-corrected chi connectivity index (χ2v) is 9.40. The van der Waals surface area contributed by atoms with Crippen molar-refractivity contribution >= 4 is 17.0 Å². The van der Waals surface area contributed by atoms with Gasteiger partial charge in [-0.3, -0.25) is 0 Å². The molecular formula is C27H30N6O2. The molecule has 4 aromatic rings. The number of aryl methyl sites for hydroxylation is 1. The van der Waals surface area contributed by atoms with Crippen molar-refractivity contribution in [2.24, 2.45) is 0 Å². The van der Waals surface area contributed by atoms with Gasteiger partial charge in [-0.2, -0.15) is 9.97 Å². The molecule has 0 radical (unpaired) electrons. The van der Waals surface area contributed by atoms with Crippen molar-refractivity contribution in [1.82, 2.24) is 24.8 Å². The number of rotatable bonds is 4. The maximum atomic E-state index is 6.26. The van der Waals surface area contributed by atoms with Crippen LogP contribution in [-0.2, 0) is 13.1 Å². The van der Waals surface area contributed by atoms with Crippen LogP contribution in [-0.4, -0.2) is 38.8 Å². The number of anilines is 1. The summed E-state index contributed by atoms with van der Waals surface area (Å²) in [7, 11) is 0. The van der Waals surface area contributed by atoms with Gasteiger partial charge in [-0.25, -0.2) is 4.98 Å². The number of fused-ring (bicyclic) bond motifs is 3. The summed E-state index contributed by atoms with van der Waals surface area (Å²) in [5.41, 5.74) is 12.1. The Morgan fingerprint density at radius 3 is 2.63 bits per heavy atom. The zero-order valence-electron chi connectivity index (χ0n) is 20.0. The first kappa shape index (κ1) is 21.9. The van der Waals surface area contributed by atoms with Crippen LogP contribution in [0.1, 0.15) is 42.6 Å².